The van der Waals surface area contributed by atoms with Gasteiger partial charge in [0.25, 0.3) is 0 Å². The minimum absolute atomic E-state index is 0.421. The molecule has 1 N–H and O–H groups in total. The molecule has 1 unspecified atom stereocenters. The van der Waals surface area contributed by atoms with Gasteiger partial charge in [-0.05, 0) is 34.1 Å². The Morgan fingerprint density at radius 2 is 1.93 bits per heavy atom. The van der Waals surface area contributed by atoms with E-state index in [9.17, 15) is 13.2 Å². The Hall–Kier alpha value is -0.0700. The van der Waals surface area contributed by atoms with Crippen LogP contribution < -0.4 is 0 Å². The summed E-state index contributed by atoms with van der Waals surface area (Å²) in [5, 5.41) is 9.10. The number of hydrogen-bond acceptors (Lipinski definition) is 1. The monoisotopic (exact) mass is 332 g/mol. The Kier molecular flexibility index (Phi) is 3.60. The second-order valence-corrected chi connectivity index (χ2v) is 4.58. The number of halogens is 5. The van der Waals surface area contributed by atoms with Crippen LogP contribution in [0, 0.1) is 5.82 Å². The van der Waals surface area contributed by atoms with Crippen LogP contribution in [0.15, 0.2) is 22.7 Å². The van der Waals surface area contributed by atoms with Crippen molar-refractivity contribution in [2.75, 3.05) is 0 Å². The summed E-state index contributed by atoms with van der Waals surface area (Å²) in [5.74, 6) is -0.875. The van der Waals surface area contributed by atoms with E-state index in [1.54, 1.807) is 0 Å². The summed E-state index contributed by atoms with van der Waals surface area (Å²) in [6, 6.07) is 3.47. The number of aliphatic hydroxyl groups is 1. The van der Waals surface area contributed by atoms with E-state index in [2.05, 4.69) is 15.9 Å². The van der Waals surface area contributed by atoms with E-state index in [4.69, 9.17) is 5.11 Å². The summed E-state index contributed by atoms with van der Waals surface area (Å²) >= 11 is 4.97. The summed E-state index contributed by atoms with van der Waals surface area (Å²) in [4.78, 5) is -3.55. The van der Waals surface area contributed by atoms with Crippen molar-refractivity contribution in [3.63, 3.8) is 0 Å². The Morgan fingerprint density at radius 1 is 1.36 bits per heavy atom. The highest BCUT2D eigenvalue weighted by Crippen LogP contribution is 2.38. The van der Waals surface area contributed by atoms with E-state index in [0.29, 0.717) is 4.47 Å². The third-order valence-corrected chi connectivity index (χ3v) is 2.49. The Labute approximate surface area is 95.2 Å². The van der Waals surface area contributed by atoms with Gasteiger partial charge < -0.3 is 5.11 Å². The maximum Gasteiger partial charge on any atom is 0.330 e. The maximum atomic E-state index is 13.0. The SMILES string of the molecule is OC(c1cc(Br)ccc1F)C(F)(F)Br. The van der Waals surface area contributed by atoms with Crippen LogP contribution in [0.25, 0.3) is 0 Å². The number of benzene rings is 1. The fourth-order valence-electron chi connectivity index (χ4n) is 0.900. The summed E-state index contributed by atoms with van der Waals surface area (Å²) in [6.07, 6.45) is -2.21. The minimum atomic E-state index is -3.55. The normalized spacial score (nSPS) is 14.1. The van der Waals surface area contributed by atoms with Gasteiger partial charge >= 0.3 is 4.83 Å². The summed E-state index contributed by atoms with van der Waals surface area (Å²) in [5.41, 5.74) is -0.457. The topological polar surface area (TPSA) is 20.2 Å². The molecule has 1 aromatic rings. The van der Waals surface area contributed by atoms with Gasteiger partial charge in [-0.3, -0.25) is 0 Å². The molecule has 0 fully saturated rings. The van der Waals surface area contributed by atoms with Gasteiger partial charge in [-0.2, -0.15) is 8.78 Å². The Morgan fingerprint density at radius 3 is 2.43 bits per heavy atom. The lowest BCUT2D eigenvalue weighted by Crippen LogP contribution is -2.19. The second-order valence-electron chi connectivity index (χ2n) is 2.61. The molecule has 0 amide bonds. The highest BCUT2D eigenvalue weighted by molar-refractivity contribution is 9.10. The Balaban J connectivity index is 3.12. The zero-order valence-electron chi connectivity index (χ0n) is 6.65. The quantitative estimate of drug-likeness (QED) is 0.820. The first kappa shape index (κ1) is 12.0. The molecule has 0 saturated heterocycles. The van der Waals surface area contributed by atoms with Gasteiger partial charge in [0, 0.05) is 10.0 Å². The van der Waals surface area contributed by atoms with Crippen LogP contribution >= 0.6 is 31.9 Å². The van der Waals surface area contributed by atoms with Crippen LogP contribution in [-0.4, -0.2) is 9.94 Å². The van der Waals surface area contributed by atoms with Crippen LogP contribution in [0.2, 0.25) is 0 Å². The van der Waals surface area contributed by atoms with Gasteiger partial charge in [-0.25, -0.2) is 4.39 Å². The summed E-state index contributed by atoms with van der Waals surface area (Å²) in [7, 11) is 0. The lowest BCUT2D eigenvalue weighted by Gasteiger charge is -2.17. The lowest BCUT2D eigenvalue weighted by atomic mass is 10.1. The number of aliphatic hydroxyl groups excluding tert-OH is 1. The molecule has 0 bridgehead atoms. The fraction of sp³-hybridized carbons (Fsp3) is 0.250. The molecule has 0 saturated carbocycles. The summed E-state index contributed by atoms with van der Waals surface area (Å²) in [6.45, 7) is 0. The van der Waals surface area contributed by atoms with E-state index in [1.807, 2.05) is 15.9 Å². The van der Waals surface area contributed by atoms with E-state index in [-0.39, 0.29) is 0 Å². The predicted octanol–water partition coefficient (Wildman–Crippen LogP) is 3.61. The highest BCUT2D eigenvalue weighted by atomic mass is 79.9. The van der Waals surface area contributed by atoms with Crippen LogP contribution in [0.1, 0.15) is 11.7 Å². The lowest BCUT2D eigenvalue weighted by molar-refractivity contribution is -0.0312. The number of alkyl halides is 3. The van der Waals surface area contributed by atoms with Crippen LogP contribution in [0.3, 0.4) is 0 Å². The second kappa shape index (κ2) is 4.20. The van der Waals surface area contributed by atoms with Crippen LogP contribution in [-0.2, 0) is 0 Å². The molecule has 0 aliphatic heterocycles. The predicted molar refractivity (Wildman–Crippen MR) is 52.9 cm³/mol. The van der Waals surface area contributed by atoms with Gasteiger partial charge in [-0.15, -0.1) is 0 Å². The molecule has 1 rings (SSSR count). The van der Waals surface area contributed by atoms with E-state index in [0.717, 1.165) is 12.1 Å². The molecular formula is C8H5Br2F3O. The fourth-order valence-corrected chi connectivity index (χ4v) is 1.53. The zero-order valence-corrected chi connectivity index (χ0v) is 9.82. The van der Waals surface area contributed by atoms with Crippen molar-refractivity contribution in [2.24, 2.45) is 0 Å². The zero-order chi connectivity index (χ0) is 10.9. The van der Waals surface area contributed by atoms with Crippen molar-refractivity contribution in [3.8, 4) is 0 Å². The van der Waals surface area contributed by atoms with Gasteiger partial charge in [0.1, 0.15) is 5.82 Å². The van der Waals surface area contributed by atoms with E-state index < -0.39 is 22.3 Å². The molecule has 1 aromatic carbocycles. The summed E-state index contributed by atoms with van der Waals surface area (Å²) < 4.78 is 38.6. The molecule has 0 heterocycles. The largest absolute Gasteiger partial charge is 0.381 e. The molecule has 6 heteroatoms. The van der Waals surface area contributed by atoms with Gasteiger partial charge in [0.05, 0.1) is 0 Å². The third kappa shape index (κ3) is 2.71. The number of rotatable bonds is 2. The molecule has 0 radical (unpaired) electrons. The van der Waals surface area contributed by atoms with E-state index in [1.165, 1.54) is 6.07 Å². The first-order chi connectivity index (χ1) is 6.32. The van der Waals surface area contributed by atoms with Crippen molar-refractivity contribution in [3.05, 3.63) is 34.1 Å². The van der Waals surface area contributed by atoms with Crippen molar-refractivity contribution in [1.29, 1.82) is 0 Å². The molecule has 0 aromatic heterocycles. The minimum Gasteiger partial charge on any atom is -0.381 e. The molecular weight excluding hydrogens is 329 g/mol. The van der Waals surface area contributed by atoms with Crippen LogP contribution in [0.5, 0.6) is 0 Å². The van der Waals surface area contributed by atoms with Crippen molar-refractivity contribution >= 4 is 31.9 Å². The molecule has 78 valence electrons. The molecule has 0 aliphatic rings. The molecule has 0 aliphatic carbocycles. The molecule has 1 atom stereocenters. The Bertz CT molecular complexity index is 338. The third-order valence-electron chi connectivity index (χ3n) is 1.56. The smallest absolute Gasteiger partial charge is 0.330 e. The van der Waals surface area contributed by atoms with E-state index >= 15 is 0 Å². The van der Waals surface area contributed by atoms with Crippen molar-refractivity contribution in [2.45, 2.75) is 10.9 Å². The molecule has 1 nitrogen and oxygen atoms in total. The van der Waals surface area contributed by atoms with Gasteiger partial charge in [0.15, 0.2) is 6.10 Å². The average Bonchev–Trinajstić information content (AvgIpc) is 2.06. The maximum absolute atomic E-state index is 13.0. The van der Waals surface area contributed by atoms with Crippen molar-refractivity contribution < 1.29 is 18.3 Å². The highest BCUT2D eigenvalue weighted by Gasteiger charge is 2.37. The van der Waals surface area contributed by atoms with Gasteiger partial charge in [0.2, 0.25) is 0 Å². The standard InChI is InChI=1S/C8H5Br2F3O/c9-4-1-2-6(11)5(3-4)7(14)8(10,12)13/h1-3,7,14H. The molecule has 0 spiro atoms. The molecule has 14 heavy (non-hydrogen) atoms. The van der Waals surface area contributed by atoms with Gasteiger partial charge in [-0.1, -0.05) is 15.9 Å². The number of hydrogen-bond donors (Lipinski definition) is 1. The first-order valence-corrected chi connectivity index (χ1v) is 5.10. The first-order valence-electron chi connectivity index (χ1n) is 3.52. The van der Waals surface area contributed by atoms with Crippen LogP contribution in [0.4, 0.5) is 13.2 Å². The van der Waals surface area contributed by atoms with Crippen molar-refractivity contribution in [1.82, 2.24) is 0 Å². The average molecular weight is 334 g/mol.